The number of esters is 1. The van der Waals surface area contributed by atoms with Gasteiger partial charge < -0.3 is 9.22 Å². The van der Waals surface area contributed by atoms with E-state index in [1.165, 1.54) is 0 Å². The van der Waals surface area contributed by atoms with Crippen LogP contribution in [0.2, 0.25) is 0 Å². The molecule has 0 amide bonds. The predicted octanol–water partition coefficient (Wildman–Crippen LogP) is 1.30. The Morgan fingerprint density at radius 3 is 2.29 bits per heavy atom. The molecule has 0 N–H and O–H groups in total. The van der Waals surface area contributed by atoms with Gasteiger partial charge in [0.25, 0.3) is 0 Å². The van der Waals surface area contributed by atoms with E-state index in [1.807, 2.05) is 39.3 Å². The maximum Gasteiger partial charge on any atom is 0.367 e. The number of likely N-dealkylation sites (N-methyl/N-ethyl adjacent to an activating group) is 1. The Morgan fingerprint density at radius 1 is 1.21 bits per heavy atom. The summed E-state index contributed by atoms with van der Waals surface area (Å²) in [6, 6.07) is 9.11. The van der Waals surface area contributed by atoms with Gasteiger partial charge in [-0.15, -0.1) is 0 Å². The SMILES string of the molecule is C[N+](C)(C)CC(=O)Oc1ccccc1. The molecule has 0 radical (unpaired) electrons. The van der Waals surface area contributed by atoms with Crippen LogP contribution in [0.4, 0.5) is 0 Å². The molecule has 0 atom stereocenters. The Balaban J connectivity index is 2.50. The first-order valence-electron chi connectivity index (χ1n) is 4.53. The van der Waals surface area contributed by atoms with Crippen LogP contribution in [0.5, 0.6) is 5.75 Å². The highest BCUT2D eigenvalue weighted by molar-refractivity contribution is 5.73. The van der Waals surface area contributed by atoms with Crippen molar-refractivity contribution in [2.75, 3.05) is 27.7 Å². The van der Waals surface area contributed by atoms with Crippen LogP contribution in [0.25, 0.3) is 0 Å². The highest BCUT2D eigenvalue weighted by Crippen LogP contribution is 2.08. The first-order chi connectivity index (χ1) is 6.47. The smallest absolute Gasteiger partial charge is 0.367 e. The fourth-order valence-electron chi connectivity index (χ4n) is 1.04. The van der Waals surface area contributed by atoms with Gasteiger partial charge in [0, 0.05) is 0 Å². The number of benzene rings is 1. The largest absolute Gasteiger partial charge is 0.422 e. The van der Waals surface area contributed by atoms with Gasteiger partial charge in [-0.3, -0.25) is 0 Å². The summed E-state index contributed by atoms with van der Waals surface area (Å²) in [5.74, 6) is 0.398. The van der Waals surface area contributed by atoms with Gasteiger partial charge in [0.05, 0.1) is 21.1 Å². The molecular formula is C11H16NO2+. The zero-order valence-electron chi connectivity index (χ0n) is 8.86. The van der Waals surface area contributed by atoms with Crippen LogP contribution in [0.3, 0.4) is 0 Å². The highest BCUT2D eigenvalue weighted by Gasteiger charge is 2.15. The third-order valence-corrected chi connectivity index (χ3v) is 1.58. The lowest BCUT2D eigenvalue weighted by Crippen LogP contribution is -2.41. The molecule has 0 spiro atoms. The van der Waals surface area contributed by atoms with E-state index in [1.54, 1.807) is 12.1 Å². The third-order valence-electron chi connectivity index (χ3n) is 1.58. The third kappa shape index (κ3) is 4.05. The summed E-state index contributed by atoms with van der Waals surface area (Å²) in [7, 11) is 5.85. The van der Waals surface area contributed by atoms with E-state index < -0.39 is 0 Å². The van der Waals surface area contributed by atoms with Crippen LogP contribution in [-0.4, -0.2) is 38.1 Å². The number of hydrogen-bond acceptors (Lipinski definition) is 2. The average Bonchev–Trinajstić information content (AvgIpc) is 2.02. The van der Waals surface area contributed by atoms with Crippen molar-refractivity contribution in [2.45, 2.75) is 0 Å². The van der Waals surface area contributed by atoms with Crippen molar-refractivity contribution in [3.63, 3.8) is 0 Å². The lowest BCUT2D eigenvalue weighted by atomic mass is 10.3. The summed E-state index contributed by atoms with van der Waals surface area (Å²) < 4.78 is 5.71. The molecule has 1 aromatic carbocycles. The van der Waals surface area contributed by atoms with E-state index in [4.69, 9.17) is 4.74 Å². The van der Waals surface area contributed by atoms with Gasteiger partial charge in [0.15, 0.2) is 6.54 Å². The molecule has 0 saturated carbocycles. The van der Waals surface area contributed by atoms with Crippen LogP contribution in [0.15, 0.2) is 30.3 Å². The van der Waals surface area contributed by atoms with Crippen LogP contribution in [0, 0.1) is 0 Å². The van der Waals surface area contributed by atoms with Gasteiger partial charge in [0.1, 0.15) is 5.75 Å². The number of rotatable bonds is 3. The Kier molecular flexibility index (Phi) is 3.25. The number of carbonyl (C=O) groups excluding carboxylic acids is 1. The Labute approximate surface area is 84.5 Å². The van der Waals surface area contributed by atoms with Crippen molar-refractivity contribution in [1.82, 2.24) is 0 Å². The topological polar surface area (TPSA) is 26.3 Å². The number of carbonyl (C=O) groups is 1. The van der Waals surface area contributed by atoms with Crippen molar-refractivity contribution in [2.24, 2.45) is 0 Å². The molecule has 0 aliphatic rings. The van der Waals surface area contributed by atoms with Crippen LogP contribution in [-0.2, 0) is 4.79 Å². The normalized spacial score (nSPS) is 11.1. The molecule has 0 bridgehead atoms. The molecule has 76 valence electrons. The van der Waals surface area contributed by atoms with Gasteiger partial charge in [-0.1, -0.05) is 18.2 Å². The first-order valence-corrected chi connectivity index (χ1v) is 4.53. The molecule has 1 rings (SSSR count). The second-order valence-electron chi connectivity index (χ2n) is 4.24. The summed E-state index contributed by atoms with van der Waals surface area (Å²) in [5.41, 5.74) is 0. The average molecular weight is 194 g/mol. The lowest BCUT2D eigenvalue weighted by Gasteiger charge is -2.22. The monoisotopic (exact) mass is 194 g/mol. The van der Waals surface area contributed by atoms with Crippen LogP contribution in [0.1, 0.15) is 0 Å². The fraction of sp³-hybridized carbons (Fsp3) is 0.364. The van der Waals surface area contributed by atoms with E-state index >= 15 is 0 Å². The number of ether oxygens (including phenoxy) is 1. The highest BCUT2D eigenvalue weighted by atomic mass is 16.5. The minimum atomic E-state index is -0.205. The summed E-state index contributed by atoms with van der Waals surface area (Å²) in [4.78, 5) is 11.4. The number of quaternary nitrogens is 1. The number of nitrogens with zero attached hydrogens (tertiary/aromatic N) is 1. The molecule has 3 heteroatoms. The fourth-order valence-corrected chi connectivity index (χ4v) is 1.04. The van der Waals surface area contributed by atoms with E-state index in [9.17, 15) is 4.79 Å². The Hall–Kier alpha value is -1.35. The molecule has 0 aliphatic heterocycles. The van der Waals surface area contributed by atoms with Crippen molar-refractivity contribution >= 4 is 5.97 Å². The van der Waals surface area contributed by atoms with Crippen molar-refractivity contribution < 1.29 is 14.0 Å². The van der Waals surface area contributed by atoms with E-state index in [0.717, 1.165) is 0 Å². The molecule has 0 aliphatic carbocycles. The van der Waals surface area contributed by atoms with Gasteiger partial charge in [0.2, 0.25) is 0 Å². The molecule has 1 aromatic rings. The summed E-state index contributed by atoms with van der Waals surface area (Å²) >= 11 is 0. The molecule has 0 saturated heterocycles. The van der Waals surface area contributed by atoms with Gasteiger partial charge >= 0.3 is 5.97 Å². The lowest BCUT2D eigenvalue weighted by molar-refractivity contribution is -0.862. The second kappa shape index (κ2) is 4.24. The second-order valence-corrected chi connectivity index (χ2v) is 4.24. The molecular weight excluding hydrogens is 178 g/mol. The number of hydrogen-bond donors (Lipinski definition) is 0. The first kappa shape index (κ1) is 10.7. The molecule has 3 nitrogen and oxygen atoms in total. The standard InChI is InChI=1S/C11H16NO2/c1-12(2,3)9-11(13)14-10-7-5-4-6-8-10/h4-8H,9H2,1-3H3/q+1. The minimum Gasteiger partial charge on any atom is -0.422 e. The Bertz CT molecular complexity index is 301. The van der Waals surface area contributed by atoms with E-state index in [2.05, 4.69) is 0 Å². The van der Waals surface area contributed by atoms with Gasteiger partial charge in [-0.05, 0) is 12.1 Å². The molecule has 14 heavy (non-hydrogen) atoms. The quantitative estimate of drug-likeness (QED) is 0.412. The van der Waals surface area contributed by atoms with Crippen molar-refractivity contribution in [3.8, 4) is 5.75 Å². The van der Waals surface area contributed by atoms with E-state index in [-0.39, 0.29) is 5.97 Å². The molecule has 0 heterocycles. The number of para-hydroxylation sites is 1. The summed E-state index contributed by atoms with van der Waals surface area (Å²) in [6.45, 7) is 0.370. The van der Waals surface area contributed by atoms with Crippen molar-refractivity contribution in [3.05, 3.63) is 30.3 Å². The zero-order valence-corrected chi connectivity index (χ0v) is 8.86. The predicted molar refractivity (Wildman–Crippen MR) is 55.0 cm³/mol. The van der Waals surface area contributed by atoms with E-state index in [0.29, 0.717) is 16.8 Å². The van der Waals surface area contributed by atoms with Gasteiger partial charge in [-0.25, -0.2) is 4.79 Å². The summed E-state index contributed by atoms with van der Waals surface area (Å²) in [5, 5.41) is 0. The maximum atomic E-state index is 11.4. The van der Waals surface area contributed by atoms with Crippen molar-refractivity contribution in [1.29, 1.82) is 0 Å². The summed E-state index contributed by atoms with van der Waals surface area (Å²) in [6.07, 6.45) is 0. The molecule has 0 aromatic heterocycles. The molecule has 0 fully saturated rings. The Morgan fingerprint density at radius 2 is 1.79 bits per heavy atom. The van der Waals surface area contributed by atoms with Crippen LogP contribution < -0.4 is 4.74 Å². The minimum absolute atomic E-state index is 0.205. The zero-order chi connectivity index (χ0) is 10.6. The van der Waals surface area contributed by atoms with Crippen LogP contribution >= 0.6 is 0 Å². The van der Waals surface area contributed by atoms with Gasteiger partial charge in [-0.2, -0.15) is 0 Å². The maximum absolute atomic E-state index is 11.4. The molecule has 0 unspecified atom stereocenters.